The van der Waals surface area contributed by atoms with Crippen LogP contribution in [-0.2, 0) is 0 Å². The molecule has 0 atom stereocenters. The molecule has 0 saturated heterocycles. The standard InChI is InChI=1S/C10H9N2/c1-2-10(3-4-10)5-8-6-11-7-12-9(1)8/h1-2,5H,3-4,7H2. The van der Waals surface area contributed by atoms with E-state index in [2.05, 4.69) is 34.4 Å². The summed E-state index contributed by atoms with van der Waals surface area (Å²) in [6.07, 6.45) is 12.2. The molecular weight excluding hydrogens is 148 g/mol. The topological polar surface area (TPSA) is 24.7 Å². The Kier molecular flexibility index (Phi) is 1.03. The van der Waals surface area contributed by atoms with Gasteiger partial charge in [-0.2, -0.15) is 0 Å². The highest BCUT2D eigenvalue weighted by atomic mass is 14.9. The van der Waals surface area contributed by atoms with Crippen molar-refractivity contribution in [1.82, 2.24) is 0 Å². The minimum Gasteiger partial charge on any atom is -0.261 e. The Hall–Kier alpha value is -1.18. The van der Waals surface area contributed by atoms with Crippen LogP contribution in [0.15, 0.2) is 33.8 Å². The lowest BCUT2D eigenvalue weighted by atomic mass is 9.93. The molecule has 1 fully saturated rings. The first-order valence-electron chi connectivity index (χ1n) is 4.27. The molecule has 0 N–H and O–H groups in total. The maximum Gasteiger partial charge on any atom is 0.130 e. The van der Waals surface area contributed by atoms with Gasteiger partial charge in [0, 0.05) is 11.0 Å². The van der Waals surface area contributed by atoms with Gasteiger partial charge in [-0.1, -0.05) is 12.2 Å². The van der Waals surface area contributed by atoms with E-state index in [4.69, 9.17) is 0 Å². The number of fused-ring (bicyclic) bond motifs is 1. The Balaban J connectivity index is 2.06. The van der Waals surface area contributed by atoms with Crippen LogP contribution in [0, 0.1) is 5.41 Å². The van der Waals surface area contributed by atoms with Gasteiger partial charge in [0.1, 0.15) is 6.67 Å². The first kappa shape index (κ1) is 6.35. The third-order valence-corrected chi connectivity index (χ3v) is 2.62. The zero-order valence-electron chi connectivity index (χ0n) is 6.75. The molecule has 1 radical (unpaired) electrons. The predicted octanol–water partition coefficient (Wildman–Crippen LogP) is 1.62. The number of nitrogens with zero attached hydrogens (tertiary/aromatic N) is 2. The minimum atomic E-state index is 0.369. The van der Waals surface area contributed by atoms with Crippen molar-refractivity contribution in [3.63, 3.8) is 0 Å². The van der Waals surface area contributed by atoms with Crippen molar-refractivity contribution < 1.29 is 0 Å². The molecule has 1 spiro atoms. The summed E-state index contributed by atoms with van der Waals surface area (Å²) in [6, 6.07) is 0. The van der Waals surface area contributed by atoms with Gasteiger partial charge in [0.05, 0.1) is 11.9 Å². The molecule has 0 aromatic rings. The second-order valence-corrected chi connectivity index (χ2v) is 3.58. The highest BCUT2D eigenvalue weighted by molar-refractivity contribution is 6.23. The minimum absolute atomic E-state index is 0.369. The molecule has 59 valence electrons. The van der Waals surface area contributed by atoms with Crippen LogP contribution in [0.5, 0.6) is 0 Å². The quantitative estimate of drug-likeness (QED) is 0.510. The monoisotopic (exact) mass is 157 g/mol. The van der Waals surface area contributed by atoms with Gasteiger partial charge < -0.3 is 0 Å². The Bertz CT molecular complexity index is 341. The van der Waals surface area contributed by atoms with Crippen LogP contribution < -0.4 is 0 Å². The molecule has 0 aromatic heterocycles. The first-order valence-corrected chi connectivity index (χ1v) is 4.27. The second-order valence-electron chi connectivity index (χ2n) is 3.58. The van der Waals surface area contributed by atoms with E-state index in [1.165, 1.54) is 12.8 Å². The fourth-order valence-corrected chi connectivity index (χ4v) is 1.66. The molecule has 1 aliphatic heterocycles. The number of hydrogen-bond donors (Lipinski definition) is 0. The van der Waals surface area contributed by atoms with Gasteiger partial charge in [-0.15, -0.1) is 0 Å². The third kappa shape index (κ3) is 0.809. The van der Waals surface area contributed by atoms with Crippen LogP contribution >= 0.6 is 0 Å². The van der Waals surface area contributed by atoms with E-state index in [-0.39, 0.29) is 0 Å². The lowest BCUT2D eigenvalue weighted by molar-refractivity contribution is 0.848. The van der Waals surface area contributed by atoms with Crippen molar-refractivity contribution in [3.8, 4) is 0 Å². The largest absolute Gasteiger partial charge is 0.261 e. The number of aliphatic imine (C=N–C) groups is 2. The van der Waals surface area contributed by atoms with Crippen molar-refractivity contribution >= 4 is 11.9 Å². The Morgan fingerprint density at radius 3 is 3.17 bits per heavy atom. The van der Waals surface area contributed by atoms with Crippen molar-refractivity contribution in [1.29, 1.82) is 0 Å². The smallest absolute Gasteiger partial charge is 0.130 e. The molecule has 12 heavy (non-hydrogen) atoms. The molecular formula is C10H9N2. The van der Waals surface area contributed by atoms with Crippen molar-refractivity contribution in [2.24, 2.45) is 15.4 Å². The van der Waals surface area contributed by atoms with Crippen molar-refractivity contribution in [3.05, 3.63) is 23.8 Å². The lowest BCUT2D eigenvalue weighted by Crippen LogP contribution is -2.13. The van der Waals surface area contributed by atoms with E-state index in [9.17, 15) is 0 Å². The SMILES string of the molecule is [C]1=NCN=C2C=CC3(C=C12)CC3. The van der Waals surface area contributed by atoms with Gasteiger partial charge in [0.2, 0.25) is 0 Å². The maximum atomic E-state index is 4.28. The summed E-state index contributed by atoms with van der Waals surface area (Å²) in [6.45, 7) is 0.546. The maximum absolute atomic E-state index is 4.28. The predicted molar refractivity (Wildman–Crippen MR) is 48.6 cm³/mol. The summed E-state index contributed by atoms with van der Waals surface area (Å²) in [7, 11) is 0. The highest BCUT2D eigenvalue weighted by Gasteiger charge is 2.40. The average Bonchev–Trinajstić information content (AvgIpc) is 2.85. The second kappa shape index (κ2) is 1.94. The highest BCUT2D eigenvalue weighted by Crippen LogP contribution is 2.50. The van der Waals surface area contributed by atoms with E-state index < -0.39 is 0 Å². The number of hydrogen-bond acceptors (Lipinski definition) is 2. The van der Waals surface area contributed by atoms with Crippen LogP contribution in [0.1, 0.15) is 12.8 Å². The molecule has 0 unspecified atom stereocenters. The summed E-state index contributed by atoms with van der Waals surface area (Å²) in [5.41, 5.74) is 2.53. The molecule has 0 bridgehead atoms. The zero-order chi connectivity index (χ0) is 8.02. The Morgan fingerprint density at radius 1 is 1.42 bits per heavy atom. The molecule has 2 aliphatic carbocycles. The molecule has 0 aromatic carbocycles. The van der Waals surface area contributed by atoms with Gasteiger partial charge in [0.15, 0.2) is 0 Å². The molecule has 0 amide bonds. The Morgan fingerprint density at radius 2 is 2.33 bits per heavy atom. The van der Waals surface area contributed by atoms with Gasteiger partial charge in [-0.3, -0.25) is 9.98 Å². The summed E-state index contributed by atoms with van der Waals surface area (Å²) in [5.74, 6) is 0. The van der Waals surface area contributed by atoms with Gasteiger partial charge in [0.25, 0.3) is 0 Å². The fraction of sp³-hybridized carbons (Fsp3) is 0.400. The van der Waals surface area contributed by atoms with E-state index >= 15 is 0 Å². The summed E-state index contributed by atoms with van der Waals surface area (Å²) < 4.78 is 0. The average molecular weight is 157 g/mol. The van der Waals surface area contributed by atoms with E-state index in [0.717, 1.165) is 11.3 Å². The van der Waals surface area contributed by atoms with Crippen molar-refractivity contribution in [2.45, 2.75) is 12.8 Å². The summed E-state index contributed by atoms with van der Waals surface area (Å²) in [4.78, 5) is 8.29. The van der Waals surface area contributed by atoms with Gasteiger partial charge >= 0.3 is 0 Å². The van der Waals surface area contributed by atoms with E-state index in [0.29, 0.717) is 12.1 Å². The normalized spacial score (nSPS) is 28.0. The molecule has 2 heteroatoms. The lowest BCUT2D eigenvalue weighted by Gasteiger charge is -2.15. The third-order valence-electron chi connectivity index (χ3n) is 2.62. The van der Waals surface area contributed by atoms with Crippen LogP contribution in [0.4, 0.5) is 0 Å². The molecule has 1 heterocycles. The van der Waals surface area contributed by atoms with Crippen LogP contribution in [0.3, 0.4) is 0 Å². The van der Waals surface area contributed by atoms with Crippen LogP contribution in [-0.4, -0.2) is 18.6 Å². The zero-order valence-corrected chi connectivity index (χ0v) is 6.75. The number of allylic oxidation sites excluding steroid dienone is 4. The number of rotatable bonds is 0. The fourth-order valence-electron chi connectivity index (χ4n) is 1.66. The van der Waals surface area contributed by atoms with Gasteiger partial charge in [-0.05, 0) is 18.9 Å². The van der Waals surface area contributed by atoms with Crippen molar-refractivity contribution in [2.75, 3.05) is 6.67 Å². The Labute approximate surface area is 71.4 Å². The first-order chi connectivity index (χ1) is 5.88. The summed E-state index contributed by atoms with van der Waals surface area (Å²) in [5, 5.41) is 0. The van der Waals surface area contributed by atoms with Gasteiger partial charge in [-0.25, -0.2) is 0 Å². The van der Waals surface area contributed by atoms with E-state index in [1.54, 1.807) is 0 Å². The van der Waals surface area contributed by atoms with E-state index in [1.807, 2.05) is 0 Å². The van der Waals surface area contributed by atoms with Crippen LogP contribution in [0.2, 0.25) is 0 Å². The molecule has 3 aliphatic rings. The summed E-state index contributed by atoms with van der Waals surface area (Å²) >= 11 is 0. The molecule has 2 nitrogen and oxygen atoms in total. The van der Waals surface area contributed by atoms with Crippen LogP contribution in [0.25, 0.3) is 0 Å². The molecule has 1 saturated carbocycles. The molecule has 3 rings (SSSR count).